The van der Waals surface area contributed by atoms with Crippen molar-refractivity contribution in [3.8, 4) is 11.6 Å². The average molecular weight is 234 g/mol. The number of nitrogens with zero attached hydrogens (tertiary/aromatic N) is 4. The predicted octanol–water partition coefficient (Wildman–Crippen LogP) is 1.28. The fourth-order valence-corrected chi connectivity index (χ4v) is 1.28. The van der Waals surface area contributed by atoms with Crippen LogP contribution in [0.25, 0.3) is 0 Å². The molecule has 6 heteroatoms. The van der Waals surface area contributed by atoms with Crippen LogP contribution < -0.4 is 9.47 Å². The minimum absolute atomic E-state index is 0.367. The second-order valence-corrected chi connectivity index (χ2v) is 3.39. The lowest BCUT2D eigenvalue weighted by atomic mass is 10.4. The van der Waals surface area contributed by atoms with Gasteiger partial charge < -0.3 is 9.47 Å². The second kappa shape index (κ2) is 5.29. The normalized spacial score (nSPS) is 10.2. The summed E-state index contributed by atoms with van der Waals surface area (Å²) in [4.78, 5) is 0. The van der Waals surface area contributed by atoms with Crippen LogP contribution in [0.1, 0.15) is 12.6 Å². The summed E-state index contributed by atoms with van der Waals surface area (Å²) >= 11 is 0. The van der Waals surface area contributed by atoms with Crippen LogP contribution in [0.4, 0.5) is 0 Å². The molecule has 2 aromatic heterocycles. The van der Waals surface area contributed by atoms with E-state index < -0.39 is 0 Å². The van der Waals surface area contributed by atoms with Gasteiger partial charge in [-0.15, -0.1) is 10.2 Å². The van der Waals surface area contributed by atoms with E-state index in [1.165, 1.54) is 0 Å². The number of methoxy groups -OCH3 is 1. The number of aryl methyl sites for hydroxylation is 1. The second-order valence-electron chi connectivity index (χ2n) is 3.39. The van der Waals surface area contributed by atoms with Gasteiger partial charge in [0, 0.05) is 12.6 Å². The van der Waals surface area contributed by atoms with E-state index in [2.05, 4.69) is 15.3 Å². The Hall–Kier alpha value is -2.11. The molecule has 0 radical (unpaired) electrons. The SMILES string of the molecule is CCn1cc(OCc2ccc(OC)nn2)cn1. The van der Waals surface area contributed by atoms with Gasteiger partial charge in [-0.1, -0.05) is 0 Å². The summed E-state index contributed by atoms with van der Waals surface area (Å²) in [5.41, 5.74) is 0.745. The lowest BCUT2D eigenvalue weighted by Crippen LogP contribution is -2.00. The van der Waals surface area contributed by atoms with E-state index in [4.69, 9.17) is 9.47 Å². The molecule has 0 spiro atoms. The van der Waals surface area contributed by atoms with Crippen molar-refractivity contribution in [1.82, 2.24) is 20.0 Å². The van der Waals surface area contributed by atoms with E-state index in [1.807, 2.05) is 19.2 Å². The van der Waals surface area contributed by atoms with Crippen molar-refractivity contribution >= 4 is 0 Å². The van der Waals surface area contributed by atoms with Crippen molar-refractivity contribution in [3.63, 3.8) is 0 Å². The van der Waals surface area contributed by atoms with Crippen molar-refractivity contribution in [2.24, 2.45) is 0 Å². The minimum atomic E-state index is 0.367. The van der Waals surface area contributed by atoms with Gasteiger partial charge in [0.2, 0.25) is 5.88 Å². The van der Waals surface area contributed by atoms with Crippen molar-refractivity contribution in [2.75, 3.05) is 7.11 Å². The highest BCUT2D eigenvalue weighted by Gasteiger charge is 2.01. The first-order chi connectivity index (χ1) is 8.31. The first kappa shape index (κ1) is 11.4. The first-order valence-electron chi connectivity index (χ1n) is 5.33. The maximum Gasteiger partial charge on any atom is 0.233 e. The Labute approximate surface area is 99.2 Å². The highest BCUT2D eigenvalue weighted by atomic mass is 16.5. The van der Waals surface area contributed by atoms with E-state index in [1.54, 1.807) is 24.1 Å². The zero-order valence-electron chi connectivity index (χ0n) is 9.83. The highest BCUT2D eigenvalue weighted by Crippen LogP contribution is 2.11. The Morgan fingerprint density at radius 2 is 2.18 bits per heavy atom. The molecule has 0 atom stereocenters. The first-order valence-corrected chi connectivity index (χ1v) is 5.33. The van der Waals surface area contributed by atoms with Crippen LogP contribution in [0.15, 0.2) is 24.5 Å². The van der Waals surface area contributed by atoms with Crippen molar-refractivity contribution < 1.29 is 9.47 Å². The Morgan fingerprint density at radius 3 is 2.76 bits per heavy atom. The van der Waals surface area contributed by atoms with E-state index in [0.29, 0.717) is 12.5 Å². The molecule has 0 aliphatic heterocycles. The third-order valence-electron chi connectivity index (χ3n) is 2.22. The largest absolute Gasteiger partial charge is 0.484 e. The molecule has 0 N–H and O–H groups in total. The Balaban J connectivity index is 1.92. The molecule has 17 heavy (non-hydrogen) atoms. The molecule has 2 aromatic rings. The third kappa shape index (κ3) is 2.93. The molecule has 0 saturated carbocycles. The summed E-state index contributed by atoms with van der Waals surface area (Å²) in [6, 6.07) is 3.57. The van der Waals surface area contributed by atoms with Gasteiger partial charge in [0.05, 0.1) is 19.5 Å². The van der Waals surface area contributed by atoms with E-state index >= 15 is 0 Å². The fraction of sp³-hybridized carbons (Fsp3) is 0.364. The van der Waals surface area contributed by atoms with Gasteiger partial charge in [-0.25, -0.2) is 0 Å². The van der Waals surface area contributed by atoms with E-state index in [9.17, 15) is 0 Å². The maximum absolute atomic E-state index is 5.52. The summed E-state index contributed by atoms with van der Waals surface area (Å²) in [7, 11) is 1.55. The molecule has 90 valence electrons. The zero-order valence-corrected chi connectivity index (χ0v) is 9.83. The van der Waals surface area contributed by atoms with Gasteiger partial charge in [0.1, 0.15) is 12.3 Å². The molecule has 0 saturated heterocycles. The minimum Gasteiger partial charge on any atom is -0.484 e. The van der Waals surface area contributed by atoms with Gasteiger partial charge in [0.15, 0.2) is 5.75 Å². The van der Waals surface area contributed by atoms with Crippen LogP contribution in [0, 0.1) is 0 Å². The average Bonchev–Trinajstić information content (AvgIpc) is 2.85. The molecule has 6 nitrogen and oxygen atoms in total. The van der Waals surface area contributed by atoms with Crippen molar-refractivity contribution in [3.05, 3.63) is 30.2 Å². The number of aromatic nitrogens is 4. The van der Waals surface area contributed by atoms with Gasteiger partial charge in [-0.3, -0.25) is 4.68 Å². The lowest BCUT2D eigenvalue weighted by molar-refractivity contribution is 0.298. The highest BCUT2D eigenvalue weighted by molar-refractivity contribution is 5.14. The summed E-state index contributed by atoms with van der Waals surface area (Å²) in [6.07, 6.45) is 3.53. The predicted molar refractivity (Wildman–Crippen MR) is 60.8 cm³/mol. The van der Waals surface area contributed by atoms with Crippen LogP contribution in [-0.2, 0) is 13.2 Å². The zero-order chi connectivity index (χ0) is 12.1. The van der Waals surface area contributed by atoms with Crippen LogP contribution in [-0.4, -0.2) is 27.1 Å². The fourth-order valence-electron chi connectivity index (χ4n) is 1.28. The van der Waals surface area contributed by atoms with Crippen LogP contribution in [0.2, 0.25) is 0 Å². The monoisotopic (exact) mass is 234 g/mol. The summed E-state index contributed by atoms with van der Waals surface area (Å²) in [5, 5.41) is 11.9. The topological polar surface area (TPSA) is 62.1 Å². The number of ether oxygens (including phenoxy) is 2. The van der Waals surface area contributed by atoms with Crippen LogP contribution >= 0.6 is 0 Å². The van der Waals surface area contributed by atoms with E-state index in [0.717, 1.165) is 18.0 Å². The van der Waals surface area contributed by atoms with Gasteiger partial charge in [0.25, 0.3) is 0 Å². The smallest absolute Gasteiger partial charge is 0.233 e. The van der Waals surface area contributed by atoms with Gasteiger partial charge in [-0.05, 0) is 13.0 Å². The maximum atomic E-state index is 5.52. The molecular weight excluding hydrogens is 220 g/mol. The summed E-state index contributed by atoms with van der Waals surface area (Å²) in [6.45, 7) is 3.21. The Bertz CT molecular complexity index is 467. The Morgan fingerprint density at radius 1 is 1.29 bits per heavy atom. The quantitative estimate of drug-likeness (QED) is 0.779. The van der Waals surface area contributed by atoms with Gasteiger partial charge in [-0.2, -0.15) is 5.10 Å². The van der Waals surface area contributed by atoms with Crippen molar-refractivity contribution in [2.45, 2.75) is 20.1 Å². The summed E-state index contributed by atoms with van der Waals surface area (Å²) < 4.78 is 12.2. The molecule has 2 rings (SSSR count). The third-order valence-corrected chi connectivity index (χ3v) is 2.22. The van der Waals surface area contributed by atoms with Crippen molar-refractivity contribution in [1.29, 1.82) is 0 Å². The standard InChI is InChI=1S/C11H14N4O2/c1-3-15-7-10(6-12-15)17-8-9-4-5-11(16-2)14-13-9/h4-7H,3,8H2,1-2H3. The molecule has 0 unspecified atom stereocenters. The number of rotatable bonds is 5. The number of hydrogen-bond donors (Lipinski definition) is 0. The van der Waals surface area contributed by atoms with Crippen LogP contribution in [0.5, 0.6) is 11.6 Å². The molecular formula is C11H14N4O2. The molecule has 0 amide bonds. The number of hydrogen-bond acceptors (Lipinski definition) is 5. The molecule has 0 bridgehead atoms. The molecule has 0 fully saturated rings. The molecule has 0 aromatic carbocycles. The Kier molecular flexibility index (Phi) is 3.54. The van der Waals surface area contributed by atoms with E-state index in [-0.39, 0.29) is 0 Å². The van der Waals surface area contributed by atoms with Crippen LogP contribution in [0.3, 0.4) is 0 Å². The molecule has 0 aliphatic rings. The van der Waals surface area contributed by atoms with Gasteiger partial charge >= 0.3 is 0 Å². The lowest BCUT2D eigenvalue weighted by Gasteiger charge is -2.02. The molecule has 0 aliphatic carbocycles. The molecule has 2 heterocycles. The summed E-state index contributed by atoms with van der Waals surface area (Å²) in [5.74, 6) is 1.22.